The van der Waals surface area contributed by atoms with Gasteiger partial charge in [0, 0.05) is 0 Å². The van der Waals surface area contributed by atoms with Crippen LogP contribution >= 0.6 is 0 Å². The molecule has 190 valence electrons. The zero-order chi connectivity index (χ0) is 26.2. The maximum Gasteiger partial charge on any atom is 0.313 e. The predicted molar refractivity (Wildman–Crippen MR) is 138 cm³/mol. The van der Waals surface area contributed by atoms with Gasteiger partial charge in [0.25, 0.3) is 0 Å². The molecule has 3 aromatic rings. The molecule has 0 saturated heterocycles. The first kappa shape index (κ1) is 27.1. The van der Waals surface area contributed by atoms with Gasteiger partial charge in [-0.25, -0.2) is 8.42 Å². The lowest BCUT2D eigenvalue weighted by atomic mass is 9.83. The zero-order valence-corrected chi connectivity index (χ0v) is 21.7. The SMILES string of the molecule is Cc1ccc(S(=O)(=O)CC(C)(CC(C)C(=O)OCc2ccccc2)C(=O)OCc2ccccc2)cc1. The quantitative estimate of drug-likeness (QED) is 0.327. The van der Waals surface area contributed by atoms with Gasteiger partial charge in [0.1, 0.15) is 13.2 Å². The summed E-state index contributed by atoms with van der Waals surface area (Å²) >= 11 is 0. The van der Waals surface area contributed by atoms with Gasteiger partial charge in [-0.3, -0.25) is 9.59 Å². The number of benzene rings is 3. The Morgan fingerprint density at radius 2 is 1.31 bits per heavy atom. The molecule has 0 aliphatic heterocycles. The number of esters is 2. The van der Waals surface area contributed by atoms with Crippen molar-refractivity contribution in [2.75, 3.05) is 5.75 Å². The summed E-state index contributed by atoms with van der Waals surface area (Å²) in [6, 6.07) is 24.9. The Balaban J connectivity index is 1.78. The molecule has 6 nitrogen and oxygen atoms in total. The molecule has 2 unspecified atom stereocenters. The first-order chi connectivity index (χ1) is 17.1. The van der Waals surface area contributed by atoms with Gasteiger partial charge < -0.3 is 9.47 Å². The second-order valence-electron chi connectivity index (χ2n) is 9.39. The van der Waals surface area contributed by atoms with Gasteiger partial charge in [-0.15, -0.1) is 0 Å². The molecule has 0 N–H and O–H groups in total. The first-order valence-corrected chi connectivity index (χ1v) is 13.5. The molecule has 0 spiro atoms. The van der Waals surface area contributed by atoms with E-state index >= 15 is 0 Å². The second kappa shape index (κ2) is 12.0. The highest BCUT2D eigenvalue weighted by molar-refractivity contribution is 7.91. The van der Waals surface area contributed by atoms with Crippen molar-refractivity contribution in [3.8, 4) is 0 Å². The minimum absolute atomic E-state index is 0.00662. The first-order valence-electron chi connectivity index (χ1n) is 11.8. The van der Waals surface area contributed by atoms with E-state index in [-0.39, 0.29) is 24.5 Å². The summed E-state index contributed by atoms with van der Waals surface area (Å²) in [6.45, 7) is 5.14. The van der Waals surface area contributed by atoms with Crippen molar-refractivity contribution in [2.45, 2.75) is 45.3 Å². The van der Waals surface area contributed by atoms with Gasteiger partial charge in [-0.1, -0.05) is 85.3 Å². The van der Waals surface area contributed by atoms with E-state index in [1.54, 1.807) is 19.1 Å². The third-order valence-electron chi connectivity index (χ3n) is 5.98. The Bertz CT molecular complexity index is 1250. The van der Waals surface area contributed by atoms with E-state index in [4.69, 9.17) is 9.47 Å². The van der Waals surface area contributed by atoms with E-state index in [0.29, 0.717) is 0 Å². The molecule has 0 amide bonds. The van der Waals surface area contributed by atoms with Gasteiger partial charge in [0.05, 0.1) is 22.0 Å². The van der Waals surface area contributed by atoms with Gasteiger partial charge in [0.2, 0.25) is 0 Å². The van der Waals surface area contributed by atoms with Crippen LogP contribution in [0.4, 0.5) is 0 Å². The van der Waals surface area contributed by atoms with Crippen LogP contribution < -0.4 is 0 Å². The molecular formula is C29H32O6S. The molecule has 0 aliphatic rings. The molecule has 2 atom stereocenters. The average Bonchev–Trinajstić information content (AvgIpc) is 2.86. The lowest BCUT2D eigenvalue weighted by Gasteiger charge is -2.29. The average molecular weight is 509 g/mol. The second-order valence-corrected chi connectivity index (χ2v) is 11.4. The highest BCUT2D eigenvalue weighted by atomic mass is 32.2. The number of rotatable bonds is 11. The van der Waals surface area contributed by atoms with Crippen molar-refractivity contribution in [3.63, 3.8) is 0 Å². The zero-order valence-electron chi connectivity index (χ0n) is 20.8. The lowest BCUT2D eigenvalue weighted by Crippen LogP contribution is -2.39. The summed E-state index contributed by atoms with van der Waals surface area (Å²) in [5.41, 5.74) is 1.08. The molecule has 7 heteroatoms. The number of ether oxygens (including phenoxy) is 2. The Kier molecular flexibility index (Phi) is 9.04. The van der Waals surface area contributed by atoms with E-state index in [9.17, 15) is 18.0 Å². The summed E-state index contributed by atoms with van der Waals surface area (Å²) in [4.78, 5) is 26.2. The molecule has 0 bridgehead atoms. The van der Waals surface area contributed by atoms with E-state index in [1.165, 1.54) is 19.1 Å². The molecule has 0 saturated carbocycles. The Hall–Kier alpha value is -3.45. The smallest absolute Gasteiger partial charge is 0.313 e. The fraction of sp³-hybridized carbons (Fsp3) is 0.310. The summed E-state index contributed by atoms with van der Waals surface area (Å²) < 4.78 is 37.5. The molecule has 3 aromatic carbocycles. The third kappa shape index (κ3) is 7.52. The van der Waals surface area contributed by atoms with Crippen LogP contribution in [0.1, 0.15) is 37.0 Å². The maximum absolute atomic E-state index is 13.3. The van der Waals surface area contributed by atoms with Crippen LogP contribution in [0.2, 0.25) is 0 Å². The topological polar surface area (TPSA) is 86.7 Å². The minimum atomic E-state index is -3.84. The van der Waals surface area contributed by atoms with Crippen molar-refractivity contribution >= 4 is 21.8 Å². The molecular weight excluding hydrogens is 476 g/mol. The molecule has 0 aromatic heterocycles. The van der Waals surface area contributed by atoms with Crippen molar-refractivity contribution < 1.29 is 27.5 Å². The molecule has 0 fully saturated rings. The van der Waals surface area contributed by atoms with Gasteiger partial charge >= 0.3 is 11.9 Å². The number of aryl methyl sites for hydroxylation is 1. The largest absolute Gasteiger partial charge is 0.461 e. The highest BCUT2D eigenvalue weighted by Crippen LogP contribution is 2.33. The van der Waals surface area contributed by atoms with Crippen LogP contribution in [0, 0.1) is 18.3 Å². The van der Waals surface area contributed by atoms with Gasteiger partial charge in [0.15, 0.2) is 9.84 Å². The van der Waals surface area contributed by atoms with E-state index in [0.717, 1.165) is 16.7 Å². The molecule has 36 heavy (non-hydrogen) atoms. The van der Waals surface area contributed by atoms with E-state index < -0.39 is 38.9 Å². The standard InChI is InChI=1S/C29H32O6S/c1-22-14-16-26(17-15-22)36(32,33)21-29(3,28(31)35-20-25-12-8-5-9-13-25)18-23(2)27(30)34-19-24-10-6-4-7-11-24/h4-17,23H,18-21H2,1-3H3. The Morgan fingerprint density at radius 1 is 0.806 bits per heavy atom. The summed E-state index contributed by atoms with van der Waals surface area (Å²) in [5, 5.41) is 0. The number of carbonyl (C=O) groups is 2. The Labute approximate surface area is 213 Å². The predicted octanol–water partition coefficient (Wildman–Crippen LogP) is 5.29. The normalized spacial score (nSPS) is 13.9. The number of hydrogen-bond acceptors (Lipinski definition) is 6. The minimum Gasteiger partial charge on any atom is -0.461 e. The van der Waals surface area contributed by atoms with E-state index in [1.807, 2.05) is 67.6 Å². The van der Waals surface area contributed by atoms with Crippen molar-refractivity contribution in [1.29, 1.82) is 0 Å². The van der Waals surface area contributed by atoms with Crippen LogP contribution in [-0.4, -0.2) is 26.1 Å². The summed E-state index contributed by atoms with van der Waals surface area (Å²) in [6.07, 6.45) is -0.0423. The number of sulfone groups is 1. The van der Waals surface area contributed by atoms with Gasteiger partial charge in [-0.2, -0.15) is 0 Å². The van der Waals surface area contributed by atoms with Crippen LogP contribution in [0.25, 0.3) is 0 Å². The fourth-order valence-corrected chi connectivity index (χ4v) is 5.77. The van der Waals surface area contributed by atoms with Crippen molar-refractivity contribution in [2.24, 2.45) is 11.3 Å². The van der Waals surface area contributed by atoms with Gasteiger partial charge in [-0.05, 0) is 43.5 Å². The Morgan fingerprint density at radius 3 is 1.83 bits per heavy atom. The fourth-order valence-electron chi connectivity index (χ4n) is 3.98. The maximum atomic E-state index is 13.3. The summed E-state index contributed by atoms with van der Waals surface area (Å²) in [5.74, 6) is -2.40. The summed E-state index contributed by atoms with van der Waals surface area (Å²) in [7, 11) is -3.84. The monoisotopic (exact) mass is 508 g/mol. The number of carbonyl (C=O) groups excluding carboxylic acids is 2. The molecule has 3 rings (SSSR count). The van der Waals surface area contributed by atoms with Crippen molar-refractivity contribution in [1.82, 2.24) is 0 Å². The molecule has 0 radical (unpaired) electrons. The molecule has 0 heterocycles. The van der Waals surface area contributed by atoms with Crippen LogP contribution in [0.3, 0.4) is 0 Å². The highest BCUT2D eigenvalue weighted by Gasteiger charge is 2.42. The van der Waals surface area contributed by atoms with Crippen LogP contribution in [0.5, 0.6) is 0 Å². The number of hydrogen-bond donors (Lipinski definition) is 0. The van der Waals surface area contributed by atoms with Crippen LogP contribution in [-0.2, 0) is 42.1 Å². The lowest BCUT2D eigenvalue weighted by molar-refractivity contribution is -0.158. The van der Waals surface area contributed by atoms with Crippen molar-refractivity contribution in [3.05, 3.63) is 102 Å². The van der Waals surface area contributed by atoms with Crippen LogP contribution in [0.15, 0.2) is 89.8 Å². The molecule has 0 aliphatic carbocycles. The van der Waals surface area contributed by atoms with E-state index in [2.05, 4.69) is 0 Å². The third-order valence-corrected chi connectivity index (χ3v) is 7.98.